The molecule has 8 nitrogen and oxygen atoms in total. The van der Waals surface area contributed by atoms with Gasteiger partial charge in [-0.3, -0.25) is 9.36 Å². The minimum Gasteiger partial charge on any atom is -0.351 e. The summed E-state index contributed by atoms with van der Waals surface area (Å²) in [6.07, 6.45) is 10.7. The van der Waals surface area contributed by atoms with Crippen LogP contribution in [0.5, 0.6) is 0 Å². The Kier molecular flexibility index (Phi) is 4.66. The lowest BCUT2D eigenvalue weighted by molar-refractivity contribution is 0.264. The van der Waals surface area contributed by atoms with Gasteiger partial charge in [0.05, 0.1) is 0 Å². The van der Waals surface area contributed by atoms with E-state index in [-0.39, 0.29) is 23.7 Å². The highest BCUT2D eigenvalue weighted by molar-refractivity contribution is 7.89. The highest BCUT2D eigenvalue weighted by Crippen LogP contribution is 2.63. The molecule has 30 heavy (non-hydrogen) atoms. The maximum Gasteiger partial charge on any atom is 0.252 e. The highest BCUT2D eigenvalue weighted by atomic mass is 32.2. The number of hydrogen-bond donors (Lipinski definition) is 2. The van der Waals surface area contributed by atoms with Crippen LogP contribution in [0.15, 0.2) is 23.1 Å². The lowest BCUT2D eigenvalue weighted by Gasteiger charge is -2.37. The van der Waals surface area contributed by atoms with Crippen LogP contribution < -0.4 is 10.9 Å². The van der Waals surface area contributed by atoms with Crippen LogP contribution >= 0.6 is 0 Å². The van der Waals surface area contributed by atoms with E-state index in [9.17, 15) is 9.00 Å². The van der Waals surface area contributed by atoms with E-state index in [4.69, 9.17) is 9.76 Å². The fourth-order valence-corrected chi connectivity index (χ4v) is 6.88. The number of aromatic nitrogens is 3. The molecule has 3 unspecified atom stereocenters. The number of hydrogen-bond acceptors (Lipinski definition) is 6. The molecular weight excluding hydrogens is 400 g/mol. The third kappa shape index (κ3) is 3.41. The molecule has 1 saturated heterocycles. The maximum absolute atomic E-state index is 12.8. The molecule has 162 valence electrons. The molecule has 5 rings (SSSR count). The molecule has 3 aliphatic rings. The van der Waals surface area contributed by atoms with Gasteiger partial charge in [0.25, 0.3) is 5.56 Å². The van der Waals surface area contributed by atoms with Crippen molar-refractivity contribution in [1.29, 1.82) is 4.78 Å². The highest BCUT2D eigenvalue weighted by Gasteiger charge is 2.53. The Morgan fingerprint density at radius 2 is 2.07 bits per heavy atom. The number of anilines is 1. The average Bonchev–Trinajstić information content (AvgIpc) is 3.34. The van der Waals surface area contributed by atoms with E-state index >= 15 is 0 Å². The van der Waals surface area contributed by atoms with Gasteiger partial charge in [0.1, 0.15) is 15.6 Å². The summed E-state index contributed by atoms with van der Waals surface area (Å²) in [6, 6.07) is 3.92. The minimum atomic E-state index is -2.69. The average molecular weight is 431 g/mol. The second-order valence-corrected chi connectivity index (χ2v) is 11.5. The van der Waals surface area contributed by atoms with Crippen LogP contribution in [0.25, 0.3) is 11.0 Å². The molecule has 2 aromatic rings. The molecule has 9 heteroatoms. The Labute approximate surface area is 177 Å². The predicted octanol–water partition coefficient (Wildman–Crippen LogP) is 3.15. The van der Waals surface area contributed by atoms with Gasteiger partial charge in [-0.1, -0.05) is 6.42 Å². The molecule has 4 atom stereocenters. The van der Waals surface area contributed by atoms with Crippen LogP contribution in [0, 0.1) is 10.2 Å². The quantitative estimate of drug-likeness (QED) is 0.775. The van der Waals surface area contributed by atoms with Crippen LogP contribution in [0.2, 0.25) is 0 Å². The predicted molar refractivity (Wildman–Crippen MR) is 118 cm³/mol. The Balaban J connectivity index is 1.43. The van der Waals surface area contributed by atoms with Crippen LogP contribution in [0.3, 0.4) is 0 Å². The second-order valence-electron chi connectivity index (χ2n) is 9.44. The third-order valence-corrected chi connectivity index (χ3v) is 8.76. The molecule has 3 heterocycles. The van der Waals surface area contributed by atoms with Crippen LogP contribution in [0.4, 0.5) is 5.95 Å². The van der Waals surface area contributed by atoms with Crippen molar-refractivity contribution in [2.45, 2.75) is 70.0 Å². The zero-order chi connectivity index (χ0) is 21.1. The van der Waals surface area contributed by atoms with Gasteiger partial charge < -0.3 is 5.32 Å². The van der Waals surface area contributed by atoms with Crippen molar-refractivity contribution >= 4 is 26.9 Å². The molecule has 0 radical (unpaired) electrons. The molecule has 2 saturated carbocycles. The summed E-state index contributed by atoms with van der Waals surface area (Å²) in [6.45, 7) is 2.63. The summed E-state index contributed by atoms with van der Waals surface area (Å²) in [5, 5.41) is 4.33. The molecule has 1 aliphatic heterocycles. The summed E-state index contributed by atoms with van der Waals surface area (Å²) >= 11 is 0. The Morgan fingerprint density at radius 3 is 2.77 bits per heavy atom. The zero-order valence-electron chi connectivity index (χ0n) is 17.6. The van der Waals surface area contributed by atoms with Crippen molar-refractivity contribution in [2.24, 2.45) is 5.41 Å². The Morgan fingerprint density at radius 1 is 1.27 bits per heavy atom. The van der Waals surface area contributed by atoms with E-state index in [1.54, 1.807) is 16.6 Å². The van der Waals surface area contributed by atoms with E-state index in [0.29, 0.717) is 17.9 Å². The lowest BCUT2D eigenvalue weighted by atomic mass is 10.00. The van der Waals surface area contributed by atoms with Crippen molar-refractivity contribution in [3.63, 3.8) is 0 Å². The van der Waals surface area contributed by atoms with Gasteiger partial charge in [0.15, 0.2) is 0 Å². The van der Waals surface area contributed by atoms with E-state index in [2.05, 4.69) is 10.3 Å². The van der Waals surface area contributed by atoms with Gasteiger partial charge in [-0.15, -0.1) is 0 Å². The first kappa shape index (κ1) is 19.9. The molecule has 2 N–H and O–H groups in total. The normalized spacial score (nSPS) is 30.4. The fraction of sp³-hybridized carbons (Fsp3) is 0.667. The summed E-state index contributed by atoms with van der Waals surface area (Å²) in [7, 11) is -2.69. The molecule has 0 amide bonds. The van der Waals surface area contributed by atoms with Gasteiger partial charge in [0.2, 0.25) is 5.95 Å². The minimum absolute atomic E-state index is 0.0282. The van der Waals surface area contributed by atoms with Gasteiger partial charge in [-0.2, -0.15) is 4.98 Å². The topological polar surface area (TPSA) is 104 Å². The zero-order valence-corrected chi connectivity index (χ0v) is 18.5. The first-order valence-corrected chi connectivity index (χ1v) is 12.8. The number of pyridine rings is 1. The van der Waals surface area contributed by atoms with Crippen molar-refractivity contribution in [1.82, 2.24) is 18.8 Å². The molecule has 0 bridgehead atoms. The number of rotatable bonds is 4. The monoisotopic (exact) mass is 430 g/mol. The Bertz CT molecular complexity index is 1140. The molecule has 0 aromatic carbocycles. The summed E-state index contributed by atoms with van der Waals surface area (Å²) in [5.41, 5.74) is 1.06. The SMILES string of the molecule is CC1CC(Nc2ncc3ccc(=O)n([C@H]4CCCC45CC5)c3n2)CCN1S(C)(=N)=O. The first-order chi connectivity index (χ1) is 14.3. The van der Waals surface area contributed by atoms with Crippen LogP contribution in [0.1, 0.15) is 57.9 Å². The Hall–Kier alpha value is -2.00. The number of piperidine rings is 1. The standard InChI is InChI=1S/C21H30N6O2S/c1-14-12-16(7-11-26(14)30(2,22)29)24-20-23-13-15-5-6-18(28)27(19(15)25-20)17-4-3-8-21(17)9-10-21/h5-6,13-14,16-17,22H,3-4,7-12H2,1-2H3,(H,23,24,25)/t14?,16?,17-,30?/m0/s1. The van der Waals surface area contributed by atoms with Crippen molar-refractivity contribution < 1.29 is 4.21 Å². The van der Waals surface area contributed by atoms with Crippen LogP contribution in [-0.4, -0.2) is 47.9 Å². The van der Waals surface area contributed by atoms with Crippen LogP contribution in [-0.2, 0) is 9.92 Å². The van der Waals surface area contributed by atoms with Gasteiger partial charge in [-0.05, 0) is 56.9 Å². The van der Waals surface area contributed by atoms with Gasteiger partial charge in [0, 0.05) is 48.6 Å². The van der Waals surface area contributed by atoms with E-state index in [0.717, 1.165) is 30.3 Å². The van der Waals surface area contributed by atoms with E-state index in [1.807, 2.05) is 17.6 Å². The molecule has 3 fully saturated rings. The smallest absolute Gasteiger partial charge is 0.252 e. The largest absolute Gasteiger partial charge is 0.351 e. The number of fused-ring (bicyclic) bond motifs is 1. The van der Waals surface area contributed by atoms with Gasteiger partial charge in [-0.25, -0.2) is 18.3 Å². The third-order valence-electron chi connectivity index (χ3n) is 7.33. The molecule has 2 aliphatic carbocycles. The fourth-order valence-electron chi connectivity index (χ4n) is 5.66. The van der Waals surface area contributed by atoms with Crippen molar-refractivity contribution in [3.8, 4) is 0 Å². The molecular formula is C21H30N6O2S. The first-order valence-electron chi connectivity index (χ1n) is 10.9. The molecule has 1 spiro atoms. The van der Waals surface area contributed by atoms with Gasteiger partial charge >= 0.3 is 0 Å². The van der Waals surface area contributed by atoms with E-state index in [1.165, 1.54) is 31.9 Å². The second kappa shape index (κ2) is 7.02. The summed E-state index contributed by atoms with van der Waals surface area (Å²) in [5.74, 6) is 0.540. The maximum atomic E-state index is 12.8. The lowest BCUT2D eigenvalue weighted by Crippen LogP contribution is -2.47. The summed E-state index contributed by atoms with van der Waals surface area (Å²) in [4.78, 5) is 22.1. The van der Waals surface area contributed by atoms with E-state index < -0.39 is 9.92 Å². The number of nitrogens with zero attached hydrogens (tertiary/aromatic N) is 4. The number of nitrogens with one attached hydrogen (secondary N) is 2. The summed E-state index contributed by atoms with van der Waals surface area (Å²) < 4.78 is 23.7. The van der Waals surface area contributed by atoms with Crippen molar-refractivity contribution in [2.75, 3.05) is 18.1 Å². The van der Waals surface area contributed by atoms with Crippen molar-refractivity contribution in [3.05, 3.63) is 28.7 Å². The molecule has 2 aromatic heterocycles.